The Bertz CT molecular complexity index is 668. The van der Waals surface area contributed by atoms with Crippen LogP contribution in [0.1, 0.15) is 35.1 Å². The van der Waals surface area contributed by atoms with E-state index < -0.39 is 0 Å². The van der Waals surface area contributed by atoms with Gasteiger partial charge in [0.2, 0.25) is 0 Å². The van der Waals surface area contributed by atoms with Crippen LogP contribution >= 0.6 is 11.8 Å². The Balaban J connectivity index is 1.46. The Labute approximate surface area is 129 Å². The molecule has 0 fully saturated rings. The number of rotatable bonds is 3. The molecule has 2 atom stereocenters. The Hall–Kier alpha value is -1.45. The standard InChI is InChI=1S/C18H18O2S/c19-17-8-5-12-9-14(6-7-15(12)17)20-10-13-11-21-18-4-2-1-3-16(13)18/h1-4,6-7,9,13,17,19H,5,8,10-11H2. The largest absolute Gasteiger partial charge is 0.493 e. The van der Waals surface area contributed by atoms with E-state index in [9.17, 15) is 5.11 Å². The molecule has 108 valence electrons. The number of aryl methyl sites for hydroxylation is 1. The third-order valence-corrected chi connectivity index (χ3v) is 5.66. The van der Waals surface area contributed by atoms with Gasteiger partial charge in [-0.05, 0) is 47.7 Å². The van der Waals surface area contributed by atoms with E-state index in [1.165, 1.54) is 16.0 Å². The van der Waals surface area contributed by atoms with Gasteiger partial charge in [0.15, 0.2) is 0 Å². The first-order valence-corrected chi connectivity index (χ1v) is 8.45. The molecule has 0 radical (unpaired) electrons. The van der Waals surface area contributed by atoms with Crippen molar-refractivity contribution in [1.82, 2.24) is 0 Å². The number of benzene rings is 2. The maximum absolute atomic E-state index is 9.84. The van der Waals surface area contributed by atoms with Crippen LogP contribution in [0.15, 0.2) is 47.4 Å². The summed E-state index contributed by atoms with van der Waals surface area (Å²) in [6, 6.07) is 14.7. The Morgan fingerprint density at radius 3 is 3.00 bits per heavy atom. The van der Waals surface area contributed by atoms with Gasteiger partial charge in [-0.3, -0.25) is 0 Å². The topological polar surface area (TPSA) is 29.5 Å². The molecule has 4 rings (SSSR count). The highest BCUT2D eigenvalue weighted by Crippen LogP contribution is 2.40. The molecule has 0 bridgehead atoms. The first-order valence-electron chi connectivity index (χ1n) is 7.46. The summed E-state index contributed by atoms with van der Waals surface area (Å²) in [5.74, 6) is 2.51. The van der Waals surface area contributed by atoms with E-state index in [1.54, 1.807) is 0 Å². The molecular weight excluding hydrogens is 280 g/mol. The van der Waals surface area contributed by atoms with Crippen LogP contribution in [-0.2, 0) is 6.42 Å². The van der Waals surface area contributed by atoms with E-state index in [2.05, 4.69) is 30.3 Å². The summed E-state index contributed by atoms with van der Waals surface area (Å²) < 4.78 is 6.01. The van der Waals surface area contributed by atoms with E-state index in [1.807, 2.05) is 23.9 Å². The van der Waals surface area contributed by atoms with Gasteiger partial charge in [0.25, 0.3) is 0 Å². The van der Waals surface area contributed by atoms with Gasteiger partial charge in [0.05, 0.1) is 12.7 Å². The predicted octanol–water partition coefficient (Wildman–Crippen LogP) is 3.93. The van der Waals surface area contributed by atoms with Crippen molar-refractivity contribution < 1.29 is 9.84 Å². The SMILES string of the molecule is OC1CCc2cc(OCC3CSc4ccccc43)ccc21. The number of ether oxygens (including phenoxy) is 1. The van der Waals surface area contributed by atoms with Gasteiger partial charge in [0, 0.05) is 16.6 Å². The summed E-state index contributed by atoms with van der Waals surface area (Å²) in [5.41, 5.74) is 3.73. The maximum atomic E-state index is 9.84. The third-order valence-electron chi connectivity index (χ3n) is 4.41. The van der Waals surface area contributed by atoms with Crippen LogP contribution in [0, 0.1) is 0 Å². The van der Waals surface area contributed by atoms with E-state index in [-0.39, 0.29) is 6.10 Å². The average molecular weight is 298 g/mol. The van der Waals surface area contributed by atoms with Crippen molar-refractivity contribution in [3.8, 4) is 5.75 Å². The lowest BCUT2D eigenvalue weighted by Gasteiger charge is -2.13. The highest BCUT2D eigenvalue weighted by Gasteiger charge is 2.24. The third kappa shape index (κ3) is 2.45. The zero-order chi connectivity index (χ0) is 14.2. The Kier molecular flexibility index (Phi) is 3.40. The Morgan fingerprint density at radius 1 is 1.14 bits per heavy atom. The van der Waals surface area contributed by atoms with Crippen LogP contribution in [0.4, 0.5) is 0 Å². The number of hydrogen-bond donors (Lipinski definition) is 1. The summed E-state index contributed by atoms with van der Waals surface area (Å²) in [7, 11) is 0. The molecule has 21 heavy (non-hydrogen) atoms. The molecule has 1 aliphatic heterocycles. The number of hydrogen-bond acceptors (Lipinski definition) is 3. The van der Waals surface area contributed by atoms with Crippen LogP contribution in [0.25, 0.3) is 0 Å². The van der Waals surface area contributed by atoms with E-state index in [4.69, 9.17) is 4.74 Å². The summed E-state index contributed by atoms with van der Waals surface area (Å²) >= 11 is 1.92. The van der Waals surface area contributed by atoms with Gasteiger partial charge in [0.1, 0.15) is 5.75 Å². The van der Waals surface area contributed by atoms with Crippen molar-refractivity contribution in [2.45, 2.75) is 29.8 Å². The quantitative estimate of drug-likeness (QED) is 0.931. The molecule has 2 nitrogen and oxygen atoms in total. The fourth-order valence-electron chi connectivity index (χ4n) is 3.23. The molecule has 0 spiro atoms. The molecule has 0 amide bonds. The van der Waals surface area contributed by atoms with Crippen molar-refractivity contribution in [2.24, 2.45) is 0 Å². The molecule has 2 aliphatic rings. The van der Waals surface area contributed by atoms with Crippen molar-refractivity contribution in [3.05, 3.63) is 59.2 Å². The second-order valence-corrected chi connectivity index (χ2v) is 6.83. The van der Waals surface area contributed by atoms with Gasteiger partial charge < -0.3 is 9.84 Å². The minimum Gasteiger partial charge on any atom is -0.493 e. The molecule has 1 heterocycles. The summed E-state index contributed by atoms with van der Waals surface area (Å²) in [6.45, 7) is 0.728. The molecule has 3 heteroatoms. The van der Waals surface area contributed by atoms with Crippen molar-refractivity contribution >= 4 is 11.8 Å². The highest BCUT2D eigenvalue weighted by atomic mass is 32.2. The lowest BCUT2D eigenvalue weighted by Crippen LogP contribution is -2.09. The zero-order valence-corrected chi connectivity index (χ0v) is 12.6. The molecule has 0 saturated carbocycles. The van der Waals surface area contributed by atoms with E-state index in [0.29, 0.717) is 5.92 Å². The molecule has 0 aromatic heterocycles. The summed E-state index contributed by atoms with van der Waals surface area (Å²) in [5, 5.41) is 9.84. The second kappa shape index (κ2) is 5.39. The Morgan fingerprint density at radius 2 is 2.05 bits per heavy atom. The van der Waals surface area contributed by atoms with Crippen molar-refractivity contribution in [3.63, 3.8) is 0 Å². The lowest BCUT2D eigenvalue weighted by molar-refractivity contribution is 0.180. The second-order valence-electron chi connectivity index (χ2n) is 5.77. The maximum Gasteiger partial charge on any atom is 0.119 e. The zero-order valence-electron chi connectivity index (χ0n) is 11.8. The fourth-order valence-corrected chi connectivity index (χ4v) is 4.46. The molecular formula is C18H18O2S. The van der Waals surface area contributed by atoms with Gasteiger partial charge in [-0.1, -0.05) is 24.3 Å². The van der Waals surface area contributed by atoms with E-state index >= 15 is 0 Å². The molecule has 2 aromatic rings. The number of thioether (sulfide) groups is 1. The number of aliphatic hydroxyl groups is 1. The van der Waals surface area contributed by atoms with Crippen LogP contribution in [-0.4, -0.2) is 17.5 Å². The monoisotopic (exact) mass is 298 g/mol. The van der Waals surface area contributed by atoms with Crippen molar-refractivity contribution in [1.29, 1.82) is 0 Å². The number of fused-ring (bicyclic) bond motifs is 2. The van der Waals surface area contributed by atoms with Gasteiger partial charge in [-0.2, -0.15) is 0 Å². The van der Waals surface area contributed by atoms with Gasteiger partial charge in [-0.25, -0.2) is 0 Å². The normalized spacial score (nSPS) is 22.9. The summed E-state index contributed by atoms with van der Waals surface area (Å²) in [6.07, 6.45) is 1.51. The van der Waals surface area contributed by atoms with Gasteiger partial charge in [-0.15, -0.1) is 11.8 Å². The van der Waals surface area contributed by atoms with Crippen LogP contribution in [0.2, 0.25) is 0 Å². The first-order chi connectivity index (χ1) is 10.3. The molecule has 2 aromatic carbocycles. The van der Waals surface area contributed by atoms with Gasteiger partial charge >= 0.3 is 0 Å². The van der Waals surface area contributed by atoms with Crippen LogP contribution < -0.4 is 4.74 Å². The number of aliphatic hydroxyl groups excluding tert-OH is 1. The molecule has 0 saturated heterocycles. The van der Waals surface area contributed by atoms with Crippen LogP contribution in [0.3, 0.4) is 0 Å². The van der Waals surface area contributed by atoms with Crippen molar-refractivity contribution in [2.75, 3.05) is 12.4 Å². The van der Waals surface area contributed by atoms with Crippen LogP contribution in [0.5, 0.6) is 5.75 Å². The average Bonchev–Trinajstić information content (AvgIpc) is 3.09. The highest BCUT2D eigenvalue weighted by molar-refractivity contribution is 7.99. The minimum absolute atomic E-state index is 0.285. The molecule has 2 unspecified atom stereocenters. The first kappa shape index (κ1) is 13.2. The smallest absolute Gasteiger partial charge is 0.119 e. The lowest BCUT2D eigenvalue weighted by atomic mass is 10.0. The fraction of sp³-hybridized carbons (Fsp3) is 0.333. The molecule has 1 N–H and O–H groups in total. The minimum atomic E-state index is -0.285. The summed E-state index contributed by atoms with van der Waals surface area (Å²) in [4.78, 5) is 1.39. The predicted molar refractivity (Wildman–Crippen MR) is 85.1 cm³/mol. The van der Waals surface area contributed by atoms with E-state index in [0.717, 1.165) is 36.5 Å². The molecule has 1 aliphatic carbocycles.